The Hall–Kier alpha value is -2.24. The maximum atomic E-state index is 11.9. The van der Waals surface area contributed by atoms with E-state index < -0.39 is 0 Å². The summed E-state index contributed by atoms with van der Waals surface area (Å²) < 4.78 is 5.36. The Labute approximate surface area is 149 Å². The maximum Gasteiger partial charge on any atom is 0.262 e. The number of anilines is 1. The molecule has 7 heteroatoms. The summed E-state index contributed by atoms with van der Waals surface area (Å²) >= 11 is 11.8. The van der Waals surface area contributed by atoms with Gasteiger partial charge in [0.15, 0.2) is 6.61 Å². The Morgan fingerprint density at radius 3 is 2.38 bits per heavy atom. The van der Waals surface area contributed by atoms with Gasteiger partial charge in [0.2, 0.25) is 5.91 Å². The molecule has 0 saturated heterocycles. The van der Waals surface area contributed by atoms with Gasteiger partial charge in [-0.05, 0) is 35.9 Å². The van der Waals surface area contributed by atoms with Crippen molar-refractivity contribution in [1.82, 2.24) is 5.32 Å². The van der Waals surface area contributed by atoms with E-state index in [0.29, 0.717) is 27.9 Å². The van der Waals surface area contributed by atoms with Crippen LogP contribution in [0, 0.1) is 0 Å². The number of ether oxygens (including phenoxy) is 1. The van der Waals surface area contributed by atoms with Gasteiger partial charge in [-0.15, -0.1) is 0 Å². The van der Waals surface area contributed by atoms with E-state index in [1.54, 1.807) is 49.5 Å². The van der Waals surface area contributed by atoms with Crippen molar-refractivity contribution in [2.24, 2.45) is 0 Å². The highest BCUT2D eigenvalue weighted by Gasteiger charge is 2.07. The molecule has 0 aliphatic carbocycles. The number of carbonyl (C=O) groups excluding carboxylic acids is 2. The van der Waals surface area contributed by atoms with Gasteiger partial charge in [0, 0.05) is 17.8 Å². The van der Waals surface area contributed by atoms with E-state index >= 15 is 0 Å². The van der Waals surface area contributed by atoms with Crippen LogP contribution in [0.25, 0.3) is 0 Å². The number of nitrogens with one attached hydrogen (secondary N) is 2. The van der Waals surface area contributed by atoms with Gasteiger partial charge in [-0.25, -0.2) is 0 Å². The molecule has 126 valence electrons. The van der Waals surface area contributed by atoms with Crippen molar-refractivity contribution < 1.29 is 14.3 Å². The molecular weight excluding hydrogens is 351 g/mol. The molecule has 2 N–H and O–H groups in total. The first-order chi connectivity index (χ1) is 11.5. The van der Waals surface area contributed by atoms with Gasteiger partial charge in [0.25, 0.3) is 5.91 Å². The summed E-state index contributed by atoms with van der Waals surface area (Å²) in [7, 11) is 1.59. The van der Waals surface area contributed by atoms with Crippen LogP contribution in [-0.2, 0) is 16.0 Å². The molecule has 2 amide bonds. The fourth-order valence-corrected chi connectivity index (χ4v) is 2.38. The molecule has 0 atom stereocenters. The van der Waals surface area contributed by atoms with E-state index in [1.165, 1.54) is 0 Å². The molecule has 2 aromatic carbocycles. The Bertz CT molecular complexity index is 733. The highest BCUT2D eigenvalue weighted by Crippen LogP contribution is 2.27. The average Bonchev–Trinajstić information content (AvgIpc) is 2.55. The molecule has 0 aromatic heterocycles. The Balaban J connectivity index is 1.86. The van der Waals surface area contributed by atoms with Crippen LogP contribution in [0.5, 0.6) is 5.75 Å². The molecule has 24 heavy (non-hydrogen) atoms. The lowest BCUT2D eigenvalue weighted by Gasteiger charge is -2.09. The van der Waals surface area contributed by atoms with Crippen molar-refractivity contribution in [2.75, 3.05) is 19.0 Å². The lowest BCUT2D eigenvalue weighted by Crippen LogP contribution is -2.21. The number of benzene rings is 2. The lowest BCUT2D eigenvalue weighted by atomic mass is 10.1. The van der Waals surface area contributed by atoms with Gasteiger partial charge in [0.05, 0.1) is 11.4 Å². The molecule has 0 aliphatic heterocycles. The van der Waals surface area contributed by atoms with E-state index in [4.69, 9.17) is 27.9 Å². The Morgan fingerprint density at radius 2 is 1.75 bits per heavy atom. The van der Waals surface area contributed by atoms with Gasteiger partial charge in [-0.3, -0.25) is 9.59 Å². The number of hydrogen-bond acceptors (Lipinski definition) is 3. The first kappa shape index (κ1) is 18.1. The monoisotopic (exact) mass is 366 g/mol. The molecule has 0 bridgehead atoms. The number of amides is 2. The van der Waals surface area contributed by atoms with Crippen LogP contribution in [0.15, 0.2) is 42.5 Å². The number of hydrogen-bond donors (Lipinski definition) is 2. The van der Waals surface area contributed by atoms with Crippen LogP contribution in [0.2, 0.25) is 10.0 Å². The first-order valence-corrected chi connectivity index (χ1v) is 7.91. The van der Waals surface area contributed by atoms with Crippen LogP contribution in [0.3, 0.4) is 0 Å². The average molecular weight is 367 g/mol. The molecular formula is C17H16Cl2N2O3. The Kier molecular flexibility index (Phi) is 6.46. The van der Waals surface area contributed by atoms with Crippen LogP contribution in [0.1, 0.15) is 5.56 Å². The van der Waals surface area contributed by atoms with Gasteiger partial charge in [-0.2, -0.15) is 0 Å². The molecule has 0 spiro atoms. The minimum absolute atomic E-state index is 0.0694. The summed E-state index contributed by atoms with van der Waals surface area (Å²) in [4.78, 5) is 23.2. The van der Waals surface area contributed by atoms with Crippen LogP contribution >= 0.6 is 23.2 Å². The molecule has 0 aliphatic rings. The van der Waals surface area contributed by atoms with Crippen molar-refractivity contribution in [3.63, 3.8) is 0 Å². The quantitative estimate of drug-likeness (QED) is 0.823. The third kappa shape index (κ3) is 5.44. The van der Waals surface area contributed by atoms with Crippen molar-refractivity contribution in [2.45, 2.75) is 6.42 Å². The number of carbonyl (C=O) groups is 2. The second-order valence-corrected chi connectivity index (χ2v) is 5.80. The largest absolute Gasteiger partial charge is 0.482 e. The maximum absolute atomic E-state index is 11.9. The zero-order valence-electron chi connectivity index (χ0n) is 12.9. The van der Waals surface area contributed by atoms with E-state index in [0.717, 1.165) is 5.56 Å². The second-order valence-electron chi connectivity index (χ2n) is 4.96. The predicted molar refractivity (Wildman–Crippen MR) is 94.8 cm³/mol. The minimum atomic E-state index is -0.319. The van der Waals surface area contributed by atoms with Crippen LogP contribution in [0.4, 0.5) is 5.69 Å². The smallest absolute Gasteiger partial charge is 0.262 e. The molecule has 0 heterocycles. The minimum Gasteiger partial charge on any atom is -0.482 e. The summed E-state index contributed by atoms with van der Waals surface area (Å²) in [5, 5.41) is 6.10. The first-order valence-electron chi connectivity index (χ1n) is 7.15. The van der Waals surface area contributed by atoms with Crippen LogP contribution < -0.4 is 15.4 Å². The molecule has 0 radical (unpaired) electrons. The molecule has 5 nitrogen and oxygen atoms in total. The summed E-state index contributed by atoms with van der Waals surface area (Å²) in [5.41, 5.74) is 1.48. The van der Waals surface area contributed by atoms with Crippen LogP contribution in [-0.4, -0.2) is 25.5 Å². The SMILES string of the molecule is CNC(=O)Cc1ccc(NC(=O)COc2ccc(Cl)cc2Cl)cc1. The van der Waals surface area contributed by atoms with Crippen molar-refractivity contribution in [1.29, 1.82) is 0 Å². The standard InChI is InChI=1S/C17H16Cl2N2O3/c1-20-16(22)8-11-2-5-13(6-3-11)21-17(23)10-24-15-7-4-12(18)9-14(15)19/h2-7,9H,8,10H2,1H3,(H,20,22)(H,21,23). The van der Waals surface area contributed by atoms with Gasteiger partial charge in [0.1, 0.15) is 5.75 Å². The Morgan fingerprint density at radius 1 is 1.04 bits per heavy atom. The zero-order valence-corrected chi connectivity index (χ0v) is 14.4. The normalized spacial score (nSPS) is 10.1. The molecule has 2 aromatic rings. The van der Waals surface area contributed by atoms with E-state index in [1.807, 2.05) is 0 Å². The van der Waals surface area contributed by atoms with Gasteiger partial charge < -0.3 is 15.4 Å². The van der Waals surface area contributed by atoms with Gasteiger partial charge >= 0.3 is 0 Å². The highest BCUT2D eigenvalue weighted by atomic mass is 35.5. The van der Waals surface area contributed by atoms with E-state index in [2.05, 4.69) is 10.6 Å². The molecule has 2 rings (SSSR count). The third-order valence-corrected chi connectivity index (χ3v) is 3.66. The molecule has 0 saturated carbocycles. The lowest BCUT2D eigenvalue weighted by molar-refractivity contribution is -0.120. The summed E-state index contributed by atoms with van der Waals surface area (Å²) in [5.74, 6) is -0.00256. The number of rotatable bonds is 6. The summed E-state index contributed by atoms with van der Waals surface area (Å²) in [6.07, 6.45) is 0.295. The molecule has 0 unspecified atom stereocenters. The number of halogens is 2. The summed E-state index contributed by atoms with van der Waals surface area (Å²) in [6.45, 7) is -0.179. The third-order valence-electron chi connectivity index (χ3n) is 3.13. The topological polar surface area (TPSA) is 67.4 Å². The van der Waals surface area contributed by atoms with Gasteiger partial charge in [-0.1, -0.05) is 35.3 Å². The van der Waals surface area contributed by atoms with Crippen molar-refractivity contribution in [3.05, 3.63) is 58.1 Å². The molecule has 0 fully saturated rings. The second kappa shape index (κ2) is 8.57. The van der Waals surface area contributed by atoms with E-state index in [-0.39, 0.29) is 18.4 Å². The fraction of sp³-hybridized carbons (Fsp3) is 0.176. The van der Waals surface area contributed by atoms with Crippen molar-refractivity contribution >= 4 is 40.7 Å². The fourth-order valence-electron chi connectivity index (χ4n) is 1.91. The van der Waals surface area contributed by atoms with E-state index in [9.17, 15) is 9.59 Å². The zero-order chi connectivity index (χ0) is 17.5. The number of likely N-dealkylation sites (N-methyl/N-ethyl adjacent to an activating group) is 1. The van der Waals surface area contributed by atoms with Crippen molar-refractivity contribution in [3.8, 4) is 5.75 Å². The highest BCUT2D eigenvalue weighted by molar-refractivity contribution is 6.35. The predicted octanol–water partition coefficient (Wildman–Crippen LogP) is 3.30. The summed E-state index contributed by atoms with van der Waals surface area (Å²) in [6, 6.07) is 11.8.